The summed E-state index contributed by atoms with van der Waals surface area (Å²) in [5.41, 5.74) is 2.64. The van der Waals surface area contributed by atoms with Crippen LogP contribution in [0.1, 0.15) is 38.2 Å². The molecule has 182 valence electrons. The Bertz CT molecular complexity index is 1190. The van der Waals surface area contributed by atoms with Crippen LogP contribution in [0.5, 0.6) is 5.75 Å². The number of piperidine rings is 1. The van der Waals surface area contributed by atoms with Crippen molar-refractivity contribution in [2.75, 3.05) is 20.2 Å². The summed E-state index contributed by atoms with van der Waals surface area (Å²) in [6.45, 7) is 5.42. The van der Waals surface area contributed by atoms with Gasteiger partial charge in [-0.3, -0.25) is 18.8 Å². The highest BCUT2D eigenvalue weighted by molar-refractivity contribution is 5.78. The number of amides is 1. The van der Waals surface area contributed by atoms with E-state index in [1.54, 1.807) is 15.2 Å². The highest BCUT2D eigenvalue weighted by atomic mass is 19.1. The van der Waals surface area contributed by atoms with Crippen molar-refractivity contribution >= 4 is 16.9 Å². The van der Waals surface area contributed by atoms with Crippen molar-refractivity contribution in [1.82, 2.24) is 19.4 Å². The van der Waals surface area contributed by atoms with Gasteiger partial charge in [-0.05, 0) is 49.1 Å². The van der Waals surface area contributed by atoms with Gasteiger partial charge in [0, 0.05) is 45.2 Å². The van der Waals surface area contributed by atoms with Crippen LogP contribution in [-0.4, -0.2) is 46.2 Å². The molecule has 1 fully saturated rings. The Balaban J connectivity index is 1.28. The molecule has 0 radical (unpaired) electrons. The first-order valence-corrected chi connectivity index (χ1v) is 12.0. The molecule has 4 rings (SSSR count). The fourth-order valence-corrected chi connectivity index (χ4v) is 4.74. The van der Waals surface area contributed by atoms with E-state index < -0.39 is 0 Å². The van der Waals surface area contributed by atoms with Gasteiger partial charge in [0.05, 0.1) is 18.1 Å². The highest BCUT2D eigenvalue weighted by Gasteiger charge is 2.21. The number of carbonyl (C=O) groups excluding carboxylic acids is 1. The number of aryl methyl sites for hydroxylation is 2. The topological polar surface area (TPSA) is 68.5 Å². The van der Waals surface area contributed by atoms with E-state index in [1.807, 2.05) is 37.3 Å². The van der Waals surface area contributed by atoms with Gasteiger partial charge in [-0.25, -0.2) is 9.18 Å². The van der Waals surface area contributed by atoms with Crippen LogP contribution in [0, 0.1) is 5.82 Å². The fraction of sp³-hybridized carbons (Fsp3) is 0.462. The lowest BCUT2D eigenvalue weighted by Crippen LogP contribution is -2.44. The number of imidazole rings is 1. The van der Waals surface area contributed by atoms with E-state index in [2.05, 4.69) is 10.2 Å². The van der Waals surface area contributed by atoms with Crippen molar-refractivity contribution in [3.05, 3.63) is 64.3 Å². The van der Waals surface area contributed by atoms with E-state index in [0.717, 1.165) is 48.9 Å². The summed E-state index contributed by atoms with van der Waals surface area (Å²) in [6, 6.07) is 12.9. The van der Waals surface area contributed by atoms with Gasteiger partial charge in [0.1, 0.15) is 0 Å². The first kappa shape index (κ1) is 24.0. The number of likely N-dealkylation sites (tertiary alicyclic amines) is 1. The van der Waals surface area contributed by atoms with Crippen molar-refractivity contribution < 1.29 is 13.9 Å². The maximum atomic E-state index is 13.9. The minimum absolute atomic E-state index is 0.0325. The molecule has 1 aromatic heterocycles. The molecular formula is C26H33FN4O3. The molecule has 1 aliphatic heterocycles. The number of nitrogens with zero attached hydrogens (tertiary/aromatic N) is 3. The van der Waals surface area contributed by atoms with Gasteiger partial charge >= 0.3 is 5.69 Å². The number of carbonyl (C=O) groups is 1. The van der Waals surface area contributed by atoms with Crippen molar-refractivity contribution in [3.8, 4) is 5.75 Å². The average Bonchev–Trinajstić information content (AvgIpc) is 3.10. The van der Waals surface area contributed by atoms with Gasteiger partial charge in [-0.15, -0.1) is 0 Å². The number of ether oxygens (including phenoxy) is 1. The predicted octanol–water partition coefficient (Wildman–Crippen LogP) is 3.53. The highest BCUT2D eigenvalue weighted by Crippen LogP contribution is 2.20. The number of halogens is 1. The summed E-state index contributed by atoms with van der Waals surface area (Å²) in [4.78, 5) is 27.8. The molecule has 0 unspecified atom stereocenters. The molecule has 0 spiro atoms. The molecule has 3 aromatic rings. The number of benzene rings is 2. The van der Waals surface area contributed by atoms with E-state index in [4.69, 9.17) is 4.74 Å². The molecular weight excluding hydrogens is 435 g/mol. The van der Waals surface area contributed by atoms with Crippen LogP contribution >= 0.6 is 0 Å². The molecule has 1 aliphatic rings. The Morgan fingerprint density at radius 1 is 1.09 bits per heavy atom. The summed E-state index contributed by atoms with van der Waals surface area (Å²) in [6.07, 6.45) is 2.84. The monoisotopic (exact) mass is 468 g/mol. The van der Waals surface area contributed by atoms with Gasteiger partial charge in [-0.2, -0.15) is 0 Å². The smallest absolute Gasteiger partial charge is 0.329 e. The van der Waals surface area contributed by atoms with Gasteiger partial charge in [0.25, 0.3) is 0 Å². The first-order chi connectivity index (χ1) is 16.5. The molecule has 8 heteroatoms. The second-order valence-corrected chi connectivity index (χ2v) is 8.91. The molecule has 7 nitrogen and oxygen atoms in total. The zero-order valence-electron chi connectivity index (χ0n) is 19.9. The van der Waals surface area contributed by atoms with Crippen molar-refractivity contribution in [3.63, 3.8) is 0 Å². The SMILES string of the molecule is CCCn1c(=O)n(CCC(=O)NC2CCN(Cc3ccc(OC)c(F)c3)CC2)c2ccccc21. The van der Waals surface area contributed by atoms with Gasteiger partial charge in [0.2, 0.25) is 5.91 Å². The van der Waals surface area contributed by atoms with Crippen molar-refractivity contribution in [1.29, 1.82) is 0 Å². The summed E-state index contributed by atoms with van der Waals surface area (Å²) in [5, 5.41) is 3.13. The molecule has 34 heavy (non-hydrogen) atoms. The zero-order chi connectivity index (χ0) is 24.1. The standard InChI is InChI=1S/C26H33FN4O3/c1-3-13-30-22-6-4-5-7-23(22)31(26(30)33)16-12-25(32)28-20-10-14-29(15-11-20)18-19-8-9-24(34-2)21(27)17-19/h4-9,17,20H,3,10-16,18H2,1-2H3,(H,28,32). The number of methoxy groups -OCH3 is 1. The van der Waals surface area contributed by atoms with Crippen molar-refractivity contribution in [2.45, 2.75) is 58.3 Å². The van der Waals surface area contributed by atoms with Crippen LogP contribution in [0.2, 0.25) is 0 Å². The second kappa shape index (κ2) is 10.9. The van der Waals surface area contributed by atoms with Crippen LogP contribution in [-0.2, 0) is 24.4 Å². The molecule has 1 N–H and O–H groups in total. The third kappa shape index (κ3) is 5.33. The van der Waals surface area contributed by atoms with E-state index in [0.29, 0.717) is 19.6 Å². The van der Waals surface area contributed by atoms with Gasteiger partial charge in [0.15, 0.2) is 11.6 Å². The largest absolute Gasteiger partial charge is 0.494 e. The van der Waals surface area contributed by atoms with Crippen molar-refractivity contribution in [2.24, 2.45) is 0 Å². The lowest BCUT2D eigenvalue weighted by molar-refractivity contribution is -0.122. The fourth-order valence-electron chi connectivity index (χ4n) is 4.74. The molecule has 2 aromatic carbocycles. The number of fused-ring (bicyclic) bond motifs is 1. The number of para-hydroxylation sites is 2. The third-order valence-corrected chi connectivity index (χ3v) is 6.51. The van der Waals surface area contributed by atoms with Gasteiger partial charge < -0.3 is 10.1 Å². The Kier molecular flexibility index (Phi) is 7.67. The van der Waals surface area contributed by atoms with E-state index in [9.17, 15) is 14.0 Å². The number of nitrogens with one attached hydrogen (secondary N) is 1. The lowest BCUT2D eigenvalue weighted by Gasteiger charge is -2.32. The third-order valence-electron chi connectivity index (χ3n) is 6.51. The van der Waals surface area contributed by atoms with E-state index in [-0.39, 0.29) is 35.6 Å². The Hall–Kier alpha value is -3.13. The Labute approximate surface area is 199 Å². The Morgan fingerprint density at radius 3 is 2.38 bits per heavy atom. The molecule has 2 heterocycles. The summed E-state index contributed by atoms with van der Waals surface area (Å²) < 4.78 is 22.4. The second-order valence-electron chi connectivity index (χ2n) is 8.91. The quantitative estimate of drug-likeness (QED) is 0.522. The minimum Gasteiger partial charge on any atom is -0.494 e. The number of hydrogen-bond acceptors (Lipinski definition) is 4. The summed E-state index contributed by atoms with van der Waals surface area (Å²) in [7, 11) is 1.46. The maximum Gasteiger partial charge on any atom is 0.329 e. The lowest BCUT2D eigenvalue weighted by atomic mass is 10.0. The maximum absolute atomic E-state index is 13.9. The molecule has 0 atom stereocenters. The van der Waals surface area contributed by atoms with Crippen LogP contribution in [0.4, 0.5) is 4.39 Å². The van der Waals surface area contributed by atoms with Crippen LogP contribution < -0.4 is 15.7 Å². The molecule has 1 saturated heterocycles. The summed E-state index contributed by atoms with van der Waals surface area (Å²) >= 11 is 0. The number of hydrogen-bond donors (Lipinski definition) is 1. The average molecular weight is 469 g/mol. The van der Waals surface area contributed by atoms with E-state index in [1.165, 1.54) is 13.2 Å². The van der Waals surface area contributed by atoms with Gasteiger partial charge in [-0.1, -0.05) is 25.1 Å². The zero-order valence-corrected chi connectivity index (χ0v) is 19.9. The van der Waals surface area contributed by atoms with E-state index >= 15 is 0 Å². The molecule has 0 aliphatic carbocycles. The number of aromatic nitrogens is 2. The molecule has 0 saturated carbocycles. The molecule has 0 bridgehead atoms. The van der Waals surface area contributed by atoms with Crippen LogP contribution in [0.25, 0.3) is 11.0 Å². The normalized spacial score (nSPS) is 15.0. The minimum atomic E-state index is -0.348. The summed E-state index contributed by atoms with van der Waals surface area (Å²) in [5.74, 6) is -0.128. The Morgan fingerprint density at radius 2 is 1.76 bits per heavy atom. The number of rotatable bonds is 9. The predicted molar refractivity (Wildman–Crippen MR) is 130 cm³/mol. The molecule has 1 amide bonds. The van der Waals surface area contributed by atoms with Crippen LogP contribution in [0.3, 0.4) is 0 Å². The van der Waals surface area contributed by atoms with Crippen LogP contribution in [0.15, 0.2) is 47.3 Å². The first-order valence-electron chi connectivity index (χ1n) is 12.0.